The summed E-state index contributed by atoms with van der Waals surface area (Å²) in [6, 6.07) is 13.8. The van der Waals surface area contributed by atoms with Crippen LogP contribution in [-0.2, 0) is 0 Å². The maximum Gasteiger partial charge on any atom is 0.337 e. The maximum absolute atomic E-state index is 12.4. The first-order valence-electron chi connectivity index (χ1n) is 9.49. The summed E-state index contributed by atoms with van der Waals surface area (Å²) in [5, 5.41) is 14.4. The number of rotatable bonds is 5. The average molecular weight is 515 g/mol. The van der Waals surface area contributed by atoms with Gasteiger partial charge >= 0.3 is 11.9 Å². The molecule has 2 aromatic carbocycles. The lowest BCUT2D eigenvalue weighted by molar-refractivity contribution is 0.0696. The standard InChI is InChI=1S/C23H17BrClN3O4/c1-12-7-15(13(2)28(12)17-4-5-19(25)18(10-17)23(30)31)11-26-27-22(29)21-9-14-8-16(24)3-6-20(14)32-21/h3-11H,1-2H3,(H,27,29)(H,30,31)/b26-11+. The van der Waals surface area contributed by atoms with Crippen molar-refractivity contribution >= 4 is 56.6 Å². The topological polar surface area (TPSA) is 96.8 Å². The highest BCUT2D eigenvalue weighted by Gasteiger charge is 2.15. The Labute approximate surface area is 196 Å². The van der Waals surface area contributed by atoms with E-state index in [9.17, 15) is 14.7 Å². The molecule has 0 unspecified atom stereocenters. The Hall–Kier alpha value is -3.36. The fourth-order valence-electron chi connectivity index (χ4n) is 3.47. The minimum Gasteiger partial charge on any atom is -0.478 e. The fraction of sp³-hybridized carbons (Fsp3) is 0.0870. The van der Waals surface area contributed by atoms with Gasteiger partial charge in [-0.3, -0.25) is 4.79 Å². The molecule has 1 amide bonds. The molecule has 0 radical (unpaired) electrons. The number of benzene rings is 2. The van der Waals surface area contributed by atoms with Gasteiger partial charge in [0.15, 0.2) is 5.76 Å². The number of nitrogens with one attached hydrogen (secondary N) is 1. The van der Waals surface area contributed by atoms with Gasteiger partial charge in [0.25, 0.3) is 0 Å². The normalized spacial score (nSPS) is 11.4. The van der Waals surface area contributed by atoms with Gasteiger partial charge in [-0.15, -0.1) is 0 Å². The van der Waals surface area contributed by atoms with Gasteiger partial charge in [0, 0.05) is 32.5 Å². The Morgan fingerprint density at radius 2 is 1.94 bits per heavy atom. The molecule has 2 heterocycles. The van der Waals surface area contributed by atoms with E-state index in [1.807, 2.05) is 36.6 Å². The van der Waals surface area contributed by atoms with Crippen molar-refractivity contribution in [1.82, 2.24) is 9.99 Å². The van der Waals surface area contributed by atoms with Crippen LogP contribution in [0.15, 0.2) is 62.5 Å². The first kappa shape index (κ1) is 21.9. The molecular formula is C23H17BrClN3O4. The van der Waals surface area contributed by atoms with Crippen molar-refractivity contribution in [2.45, 2.75) is 13.8 Å². The molecule has 4 rings (SSSR count). The smallest absolute Gasteiger partial charge is 0.337 e. The molecule has 0 aliphatic carbocycles. The Morgan fingerprint density at radius 3 is 2.69 bits per heavy atom. The van der Waals surface area contributed by atoms with Gasteiger partial charge in [-0.1, -0.05) is 27.5 Å². The molecule has 0 aliphatic heterocycles. The van der Waals surface area contributed by atoms with E-state index in [-0.39, 0.29) is 16.3 Å². The number of amides is 1. The maximum atomic E-state index is 12.4. The van der Waals surface area contributed by atoms with Crippen LogP contribution in [0, 0.1) is 13.8 Å². The van der Waals surface area contributed by atoms with E-state index in [0.29, 0.717) is 11.3 Å². The zero-order valence-corrected chi connectivity index (χ0v) is 19.4. The average Bonchev–Trinajstić information content (AvgIpc) is 3.28. The lowest BCUT2D eigenvalue weighted by atomic mass is 10.2. The number of furan rings is 1. The van der Waals surface area contributed by atoms with Crippen molar-refractivity contribution in [3.63, 3.8) is 0 Å². The summed E-state index contributed by atoms with van der Waals surface area (Å²) in [6.07, 6.45) is 1.53. The van der Waals surface area contributed by atoms with E-state index < -0.39 is 11.9 Å². The molecule has 2 N–H and O–H groups in total. The van der Waals surface area contributed by atoms with Crippen LogP contribution >= 0.6 is 27.5 Å². The second-order valence-corrected chi connectivity index (χ2v) is 8.45. The number of hydrogen-bond donors (Lipinski definition) is 2. The van der Waals surface area contributed by atoms with Crippen LogP contribution in [0.1, 0.15) is 37.9 Å². The molecule has 0 spiro atoms. The number of fused-ring (bicyclic) bond motifs is 1. The number of aryl methyl sites for hydroxylation is 1. The molecule has 2 aromatic heterocycles. The molecule has 4 aromatic rings. The zero-order chi connectivity index (χ0) is 23.0. The van der Waals surface area contributed by atoms with Crippen LogP contribution in [0.4, 0.5) is 0 Å². The molecule has 0 aliphatic rings. The van der Waals surface area contributed by atoms with Crippen LogP contribution < -0.4 is 5.43 Å². The van der Waals surface area contributed by atoms with E-state index in [1.165, 1.54) is 12.3 Å². The SMILES string of the molecule is Cc1cc(/C=N/NC(=O)c2cc3cc(Br)ccc3o2)c(C)n1-c1ccc(Cl)c(C(=O)O)c1. The Bertz CT molecular complexity index is 1400. The van der Waals surface area contributed by atoms with Crippen molar-refractivity contribution in [3.8, 4) is 5.69 Å². The first-order valence-corrected chi connectivity index (χ1v) is 10.7. The predicted octanol–water partition coefficient (Wildman–Crippen LogP) is 5.72. The van der Waals surface area contributed by atoms with Crippen LogP contribution in [0.3, 0.4) is 0 Å². The summed E-state index contributed by atoms with van der Waals surface area (Å²) < 4.78 is 8.35. The third kappa shape index (κ3) is 4.19. The van der Waals surface area contributed by atoms with Gasteiger partial charge in [0.05, 0.1) is 16.8 Å². The monoisotopic (exact) mass is 513 g/mol. The number of halogens is 2. The second kappa shape index (κ2) is 8.64. The third-order valence-electron chi connectivity index (χ3n) is 4.98. The lowest BCUT2D eigenvalue weighted by Crippen LogP contribution is -2.16. The van der Waals surface area contributed by atoms with Crippen molar-refractivity contribution in [3.05, 3.63) is 86.3 Å². The van der Waals surface area contributed by atoms with Crippen LogP contribution in [0.2, 0.25) is 5.02 Å². The minimum absolute atomic E-state index is 0.0250. The number of carbonyl (C=O) groups is 2. The summed E-state index contributed by atoms with van der Waals surface area (Å²) in [4.78, 5) is 23.8. The fourth-order valence-corrected chi connectivity index (χ4v) is 4.05. The largest absolute Gasteiger partial charge is 0.478 e. The van der Waals surface area contributed by atoms with Crippen LogP contribution in [0.25, 0.3) is 16.7 Å². The van der Waals surface area contributed by atoms with Gasteiger partial charge in [-0.05, 0) is 62.4 Å². The molecule has 9 heteroatoms. The molecule has 7 nitrogen and oxygen atoms in total. The number of carbonyl (C=O) groups excluding carboxylic acids is 1. The van der Waals surface area contributed by atoms with Crippen molar-refractivity contribution < 1.29 is 19.1 Å². The van der Waals surface area contributed by atoms with Gasteiger partial charge < -0.3 is 14.1 Å². The second-order valence-electron chi connectivity index (χ2n) is 7.12. The lowest BCUT2D eigenvalue weighted by Gasteiger charge is -2.11. The van der Waals surface area contributed by atoms with E-state index in [0.717, 1.165) is 26.8 Å². The minimum atomic E-state index is -1.10. The highest BCUT2D eigenvalue weighted by atomic mass is 79.9. The van der Waals surface area contributed by atoms with Gasteiger partial charge in [0.2, 0.25) is 0 Å². The number of carboxylic acid groups (broad SMARTS) is 1. The molecular weight excluding hydrogens is 498 g/mol. The van der Waals surface area contributed by atoms with E-state index >= 15 is 0 Å². The number of hydrogen-bond acceptors (Lipinski definition) is 4. The number of hydrazone groups is 1. The van der Waals surface area contributed by atoms with Crippen molar-refractivity contribution in [2.24, 2.45) is 5.10 Å². The number of nitrogens with zero attached hydrogens (tertiary/aromatic N) is 2. The van der Waals surface area contributed by atoms with Crippen molar-refractivity contribution in [1.29, 1.82) is 0 Å². The Morgan fingerprint density at radius 1 is 1.16 bits per heavy atom. The van der Waals surface area contributed by atoms with E-state index in [4.69, 9.17) is 16.0 Å². The highest BCUT2D eigenvalue weighted by molar-refractivity contribution is 9.10. The molecule has 0 saturated heterocycles. The summed E-state index contributed by atoms with van der Waals surface area (Å²) >= 11 is 9.37. The Kier molecular flexibility index (Phi) is 5.90. The number of carboxylic acids is 1. The first-order chi connectivity index (χ1) is 15.2. The van der Waals surface area contributed by atoms with Gasteiger partial charge in [0.1, 0.15) is 5.58 Å². The molecule has 0 saturated carbocycles. The van der Waals surface area contributed by atoms with E-state index in [2.05, 4.69) is 26.5 Å². The molecule has 0 bridgehead atoms. The quantitative estimate of drug-likeness (QED) is 0.263. The number of aromatic carboxylic acids is 1. The third-order valence-corrected chi connectivity index (χ3v) is 5.80. The Balaban J connectivity index is 1.55. The van der Waals surface area contributed by atoms with Gasteiger partial charge in [-0.25, -0.2) is 10.2 Å². The highest BCUT2D eigenvalue weighted by Crippen LogP contribution is 2.25. The summed E-state index contributed by atoms with van der Waals surface area (Å²) in [6.45, 7) is 3.77. The van der Waals surface area contributed by atoms with Crippen LogP contribution in [0.5, 0.6) is 0 Å². The summed E-state index contributed by atoms with van der Waals surface area (Å²) in [7, 11) is 0. The molecule has 0 fully saturated rings. The van der Waals surface area contributed by atoms with Crippen molar-refractivity contribution in [2.75, 3.05) is 0 Å². The molecule has 32 heavy (non-hydrogen) atoms. The summed E-state index contributed by atoms with van der Waals surface area (Å²) in [5.41, 5.74) is 6.23. The predicted molar refractivity (Wildman–Crippen MR) is 126 cm³/mol. The zero-order valence-electron chi connectivity index (χ0n) is 17.0. The van der Waals surface area contributed by atoms with Crippen LogP contribution in [-0.4, -0.2) is 27.8 Å². The van der Waals surface area contributed by atoms with E-state index in [1.54, 1.807) is 24.3 Å². The molecule has 162 valence electrons. The molecule has 0 atom stereocenters. The summed E-state index contributed by atoms with van der Waals surface area (Å²) in [5.74, 6) is -1.41. The van der Waals surface area contributed by atoms with Gasteiger partial charge in [-0.2, -0.15) is 5.10 Å². The number of aromatic nitrogens is 1.